The van der Waals surface area contributed by atoms with E-state index in [2.05, 4.69) is 18.9 Å². The summed E-state index contributed by atoms with van der Waals surface area (Å²) in [7, 11) is 0. The van der Waals surface area contributed by atoms with Gasteiger partial charge in [-0.2, -0.15) is 0 Å². The third kappa shape index (κ3) is 3.17. The molecule has 152 valence electrons. The maximum Gasteiger partial charge on any atom is 0.303 e. The molecule has 0 N–H and O–H groups in total. The van der Waals surface area contributed by atoms with Crippen LogP contribution in [-0.4, -0.2) is 24.1 Å². The van der Waals surface area contributed by atoms with Crippen LogP contribution in [0.15, 0.2) is 11.6 Å². The first-order chi connectivity index (χ1) is 13.3. The predicted molar refractivity (Wildman–Crippen MR) is 106 cm³/mol. The van der Waals surface area contributed by atoms with E-state index < -0.39 is 0 Å². The Morgan fingerprint density at radius 3 is 2.54 bits per heavy atom. The third-order valence-corrected chi connectivity index (χ3v) is 8.20. The average Bonchev–Trinajstić information content (AvgIpc) is 2.92. The van der Waals surface area contributed by atoms with Crippen LogP contribution in [0.3, 0.4) is 0 Å². The molecule has 0 aliphatic heterocycles. The zero-order valence-electron chi connectivity index (χ0n) is 17.3. The highest BCUT2D eigenvalue weighted by Crippen LogP contribution is 2.63. The number of hydrogen-bond acceptors (Lipinski definition) is 4. The fraction of sp³-hybridized carbons (Fsp3) is 0.750. The highest BCUT2D eigenvalue weighted by molar-refractivity contribution is 5.66. The van der Waals surface area contributed by atoms with Crippen LogP contribution >= 0.6 is 0 Å². The number of carbonyl (C=O) groups excluding carboxylic acids is 2. The first kappa shape index (κ1) is 19.6. The predicted octanol–water partition coefficient (Wildman–Crippen LogP) is 4.28. The van der Waals surface area contributed by atoms with E-state index in [-0.39, 0.29) is 35.5 Å². The number of rotatable bonds is 2. The molecule has 0 aromatic heterocycles. The molecule has 0 saturated heterocycles. The summed E-state index contributed by atoms with van der Waals surface area (Å²) in [6.45, 7) is 5.29. The van der Waals surface area contributed by atoms with Gasteiger partial charge in [-0.3, -0.25) is 9.59 Å². The highest BCUT2D eigenvalue weighted by Gasteiger charge is 2.60. The van der Waals surface area contributed by atoms with Gasteiger partial charge in [-0.25, -0.2) is 0 Å². The lowest BCUT2D eigenvalue weighted by atomic mass is 9.52. The summed E-state index contributed by atoms with van der Waals surface area (Å²) in [5.74, 6) is 5.06. The molecule has 0 bridgehead atoms. The molecule has 4 unspecified atom stereocenters. The number of fused-ring (bicyclic) bond motifs is 5. The van der Waals surface area contributed by atoms with Crippen molar-refractivity contribution in [3.63, 3.8) is 0 Å². The third-order valence-electron chi connectivity index (χ3n) is 8.20. The topological polar surface area (TPSA) is 52.6 Å². The van der Waals surface area contributed by atoms with Gasteiger partial charge < -0.3 is 9.47 Å². The average molecular weight is 385 g/mol. The normalized spacial score (nSPS) is 44.2. The smallest absolute Gasteiger partial charge is 0.303 e. The molecule has 0 radical (unpaired) electrons. The van der Waals surface area contributed by atoms with E-state index in [9.17, 15) is 9.59 Å². The minimum Gasteiger partial charge on any atom is -0.461 e. The maximum absolute atomic E-state index is 11.7. The summed E-state index contributed by atoms with van der Waals surface area (Å²) in [5.41, 5.74) is 1.51. The number of ether oxygens (including phenoxy) is 2. The zero-order valence-corrected chi connectivity index (χ0v) is 17.3. The van der Waals surface area contributed by atoms with Gasteiger partial charge >= 0.3 is 11.9 Å². The van der Waals surface area contributed by atoms with Crippen LogP contribution in [0.4, 0.5) is 0 Å². The van der Waals surface area contributed by atoms with Crippen LogP contribution in [0.5, 0.6) is 0 Å². The number of hydrogen-bond donors (Lipinski definition) is 0. The molecule has 4 aliphatic rings. The highest BCUT2D eigenvalue weighted by atomic mass is 16.5. The van der Waals surface area contributed by atoms with Gasteiger partial charge in [0.05, 0.1) is 5.92 Å². The molecule has 3 fully saturated rings. The van der Waals surface area contributed by atoms with Crippen molar-refractivity contribution < 1.29 is 19.1 Å². The van der Waals surface area contributed by atoms with Crippen molar-refractivity contribution in [1.82, 2.24) is 0 Å². The van der Waals surface area contributed by atoms with Gasteiger partial charge in [-0.1, -0.05) is 18.4 Å². The van der Waals surface area contributed by atoms with Gasteiger partial charge in [0.2, 0.25) is 0 Å². The fourth-order valence-electron chi connectivity index (χ4n) is 7.16. The van der Waals surface area contributed by atoms with Crippen molar-refractivity contribution in [3.05, 3.63) is 11.6 Å². The lowest BCUT2D eigenvalue weighted by Crippen LogP contribution is -2.48. The lowest BCUT2D eigenvalue weighted by molar-refractivity contribution is -0.157. The Morgan fingerprint density at radius 2 is 1.86 bits per heavy atom. The van der Waals surface area contributed by atoms with E-state index in [0.29, 0.717) is 23.7 Å². The molecule has 0 aromatic carbocycles. The molecule has 28 heavy (non-hydrogen) atoms. The molecule has 0 heterocycles. The Balaban J connectivity index is 1.55. The van der Waals surface area contributed by atoms with Gasteiger partial charge in [-0.15, -0.1) is 6.42 Å². The molecule has 8 atom stereocenters. The Bertz CT molecular complexity index is 731. The largest absolute Gasteiger partial charge is 0.461 e. The van der Waals surface area contributed by atoms with Crippen molar-refractivity contribution >= 4 is 11.9 Å². The Morgan fingerprint density at radius 1 is 1.11 bits per heavy atom. The van der Waals surface area contributed by atoms with Crippen molar-refractivity contribution in [2.24, 2.45) is 35.0 Å². The second kappa shape index (κ2) is 7.25. The van der Waals surface area contributed by atoms with Gasteiger partial charge in [0.25, 0.3) is 0 Å². The van der Waals surface area contributed by atoms with E-state index in [0.717, 1.165) is 32.1 Å². The van der Waals surface area contributed by atoms with Crippen molar-refractivity contribution in [2.45, 2.75) is 77.9 Å². The van der Waals surface area contributed by atoms with Gasteiger partial charge in [-0.05, 0) is 74.7 Å². The lowest BCUT2D eigenvalue weighted by Gasteiger charge is -2.53. The van der Waals surface area contributed by atoms with Crippen LogP contribution in [0, 0.1) is 47.3 Å². The fourth-order valence-corrected chi connectivity index (χ4v) is 7.16. The van der Waals surface area contributed by atoms with E-state index in [4.69, 9.17) is 15.9 Å². The summed E-state index contributed by atoms with van der Waals surface area (Å²) in [5, 5.41) is 0. The first-order valence-electron chi connectivity index (χ1n) is 10.8. The van der Waals surface area contributed by atoms with Gasteiger partial charge in [0, 0.05) is 19.3 Å². The molecule has 4 nitrogen and oxygen atoms in total. The van der Waals surface area contributed by atoms with E-state index in [1.54, 1.807) is 0 Å². The first-order valence-corrected chi connectivity index (χ1v) is 10.8. The second-order valence-corrected chi connectivity index (χ2v) is 9.63. The SMILES string of the molecule is C#C[C@@H]1CC2C3CCC4=C[C@@H](OC(C)=O)CCC4C3CC[C@]2(C)[C@H]1OC(C)=O. The molecule has 0 spiro atoms. The van der Waals surface area contributed by atoms with Crippen LogP contribution in [-0.2, 0) is 19.1 Å². The van der Waals surface area contributed by atoms with E-state index >= 15 is 0 Å². The van der Waals surface area contributed by atoms with Crippen molar-refractivity contribution in [1.29, 1.82) is 0 Å². The molecule has 0 amide bonds. The molecule has 4 heteroatoms. The zero-order chi connectivity index (χ0) is 20.1. The number of allylic oxidation sites excluding steroid dienone is 1. The number of terminal acetylenes is 1. The molecule has 3 saturated carbocycles. The number of esters is 2. The standard InChI is InChI=1S/C24H32O4/c1-5-16-13-22-21-8-6-17-12-18(27-14(2)25)7-9-19(17)20(21)10-11-24(22,4)23(16)28-15(3)26/h1,12,16,18-23H,6-11,13H2,2-4H3/t16-,18+,19?,20?,21?,22?,23+,24+/m1/s1. The minimum absolute atomic E-state index is 0.0000337. The Kier molecular flexibility index (Phi) is 5.06. The maximum atomic E-state index is 11.7. The van der Waals surface area contributed by atoms with E-state index in [1.807, 2.05) is 0 Å². The van der Waals surface area contributed by atoms with Gasteiger partial charge in [0.15, 0.2) is 0 Å². The molecule has 4 rings (SSSR count). The summed E-state index contributed by atoms with van der Waals surface area (Å²) in [6.07, 6.45) is 15.4. The molecule has 4 aliphatic carbocycles. The summed E-state index contributed by atoms with van der Waals surface area (Å²) >= 11 is 0. The van der Waals surface area contributed by atoms with Crippen LogP contribution in [0.25, 0.3) is 0 Å². The summed E-state index contributed by atoms with van der Waals surface area (Å²) in [6, 6.07) is 0. The second-order valence-electron chi connectivity index (χ2n) is 9.63. The van der Waals surface area contributed by atoms with Crippen LogP contribution in [0.2, 0.25) is 0 Å². The van der Waals surface area contributed by atoms with Crippen molar-refractivity contribution in [2.75, 3.05) is 0 Å². The van der Waals surface area contributed by atoms with Crippen LogP contribution in [0.1, 0.15) is 65.7 Å². The Hall–Kier alpha value is -1.76. The van der Waals surface area contributed by atoms with E-state index in [1.165, 1.54) is 32.3 Å². The van der Waals surface area contributed by atoms with Crippen molar-refractivity contribution in [3.8, 4) is 12.3 Å². The van der Waals surface area contributed by atoms with Crippen LogP contribution < -0.4 is 0 Å². The number of carbonyl (C=O) groups is 2. The quantitative estimate of drug-likeness (QED) is 0.405. The summed E-state index contributed by atoms with van der Waals surface area (Å²) < 4.78 is 11.2. The molecule has 0 aromatic rings. The minimum atomic E-state index is -0.216. The monoisotopic (exact) mass is 384 g/mol. The van der Waals surface area contributed by atoms with Gasteiger partial charge in [0.1, 0.15) is 12.2 Å². The molecular formula is C24H32O4. The Labute approximate surface area is 168 Å². The summed E-state index contributed by atoms with van der Waals surface area (Å²) in [4.78, 5) is 23.0. The molecular weight excluding hydrogens is 352 g/mol.